The second kappa shape index (κ2) is 6.30. The molecule has 0 aliphatic carbocycles. The van der Waals surface area contributed by atoms with Crippen molar-refractivity contribution < 1.29 is 18.5 Å². The van der Waals surface area contributed by atoms with Crippen molar-refractivity contribution in [1.82, 2.24) is 14.6 Å². The molecular formula is C15H10ClF2N5O3. The fourth-order valence-corrected chi connectivity index (χ4v) is 2.41. The molecule has 1 amide bonds. The Morgan fingerprint density at radius 3 is 2.54 bits per heavy atom. The van der Waals surface area contributed by atoms with Gasteiger partial charge in [0.1, 0.15) is 5.69 Å². The largest absolute Gasteiger partial charge is 0.364 e. The van der Waals surface area contributed by atoms with Crippen LogP contribution in [0.25, 0.3) is 5.65 Å². The molecular weight excluding hydrogens is 372 g/mol. The summed E-state index contributed by atoms with van der Waals surface area (Å²) < 4.78 is 27.9. The molecule has 0 saturated carbocycles. The number of aromatic nitrogens is 3. The maximum absolute atomic E-state index is 13.5. The second-order valence-corrected chi connectivity index (χ2v) is 5.81. The van der Waals surface area contributed by atoms with Crippen molar-refractivity contribution in [2.75, 3.05) is 5.32 Å². The molecule has 8 nitrogen and oxygen atoms in total. The van der Waals surface area contributed by atoms with E-state index >= 15 is 0 Å². The van der Waals surface area contributed by atoms with Gasteiger partial charge < -0.3 is 5.32 Å². The number of carbonyl (C=O) groups is 1. The summed E-state index contributed by atoms with van der Waals surface area (Å²) in [6.07, 6.45) is 0. The van der Waals surface area contributed by atoms with Crippen molar-refractivity contribution in [2.24, 2.45) is 0 Å². The van der Waals surface area contributed by atoms with E-state index in [-0.39, 0.29) is 28.4 Å². The van der Waals surface area contributed by atoms with E-state index in [0.717, 1.165) is 10.6 Å². The van der Waals surface area contributed by atoms with Crippen LogP contribution in [0.4, 0.5) is 20.2 Å². The number of carbonyl (C=O) groups excluding carboxylic acids is 1. The Morgan fingerprint density at radius 2 is 1.96 bits per heavy atom. The summed E-state index contributed by atoms with van der Waals surface area (Å²) in [5.74, 6) is -0.689. The number of aryl methyl sites for hydroxylation is 1. The lowest BCUT2D eigenvalue weighted by Crippen LogP contribution is -2.15. The number of halogens is 3. The monoisotopic (exact) mass is 381 g/mol. The molecule has 0 saturated heterocycles. The second-order valence-electron chi connectivity index (χ2n) is 5.34. The summed E-state index contributed by atoms with van der Waals surface area (Å²) in [7, 11) is 0. The molecule has 0 bridgehead atoms. The minimum Gasteiger partial charge on any atom is -0.321 e. The Hall–Kier alpha value is -3.14. The number of nitrogens with one attached hydrogen (secondary N) is 1. The summed E-state index contributed by atoms with van der Waals surface area (Å²) in [4.78, 5) is 26.4. The molecule has 2 aromatic heterocycles. The standard InChI is InChI=1S/C15H10ClF2N5O3/c1-8-6-12(15(16,17)18)22-13(19-8)7-11(21-22)14(24)20-9-2-4-10(5-3-9)23(25)26/h2-7H,1H3,(H,20,24). The van der Waals surface area contributed by atoms with Crippen LogP contribution < -0.4 is 5.32 Å². The fourth-order valence-electron chi connectivity index (χ4n) is 2.27. The van der Waals surface area contributed by atoms with E-state index in [2.05, 4.69) is 15.4 Å². The lowest BCUT2D eigenvalue weighted by Gasteiger charge is -2.10. The molecule has 134 valence electrons. The number of non-ortho nitro benzene ring substituents is 1. The summed E-state index contributed by atoms with van der Waals surface area (Å²) in [6.45, 7) is 1.51. The topological polar surface area (TPSA) is 102 Å². The number of benzene rings is 1. The quantitative estimate of drug-likeness (QED) is 0.423. The van der Waals surface area contributed by atoms with Gasteiger partial charge in [-0.05, 0) is 36.7 Å². The first-order valence-corrected chi connectivity index (χ1v) is 7.53. The average molecular weight is 382 g/mol. The summed E-state index contributed by atoms with van der Waals surface area (Å²) >= 11 is 5.09. The zero-order chi connectivity index (χ0) is 19.1. The number of fused-ring (bicyclic) bond motifs is 1. The molecule has 3 rings (SSSR count). The van der Waals surface area contributed by atoms with Gasteiger partial charge in [-0.15, -0.1) is 0 Å². The van der Waals surface area contributed by atoms with Crippen molar-refractivity contribution >= 4 is 34.5 Å². The van der Waals surface area contributed by atoms with Crippen molar-refractivity contribution in [3.8, 4) is 0 Å². The van der Waals surface area contributed by atoms with Gasteiger partial charge in [-0.3, -0.25) is 14.9 Å². The Morgan fingerprint density at radius 1 is 1.31 bits per heavy atom. The van der Waals surface area contributed by atoms with E-state index < -0.39 is 21.9 Å². The molecule has 1 aromatic carbocycles. The van der Waals surface area contributed by atoms with Gasteiger partial charge in [0.2, 0.25) is 0 Å². The number of anilines is 1. The SMILES string of the molecule is Cc1cc(C(F)(F)Cl)n2nc(C(=O)Nc3ccc([N+](=O)[O-])cc3)cc2n1. The molecule has 0 aliphatic rings. The van der Waals surface area contributed by atoms with Gasteiger partial charge in [0, 0.05) is 29.6 Å². The van der Waals surface area contributed by atoms with E-state index in [4.69, 9.17) is 11.6 Å². The first-order valence-electron chi connectivity index (χ1n) is 7.15. The average Bonchev–Trinajstić information content (AvgIpc) is 2.97. The molecule has 0 unspecified atom stereocenters. The van der Waals surface area contributed by atoms with Crippen molar-refractivity contribution in [3.63, 3.8) is 0 Å². The number of rotatable bonds is 4. The van der Waals surface area contributed by atoms with Crippen LogP contribution >= 0.6 is 11.6 Å². The maximum atomic E-state index is 13.5. The van der Waals surface area contributed by atoms with Crippen LogP contribution in [0.1, 0.15) is 21.9 Å². The van der Waals surface area contributed by atoms with Crippen molar-refractivity contribution in [1.29, 1.82) is 0 Å². The molecule has 0 radical (unpaired) electrons. The molecule has 1 N–H and O–H groups in total. The van der Waals surface area contributed by atoms with E-state index in [1.807, 2.05) is 0 Å². The van der Waals surface area contributed by atoms with Crippen LogP contribution in [-0.2, 0) is 5.38 Å². The van der Waals surface area contributed by atoms with E-state index in [1.54, 1.807) is 0 Å². The highest BCUT2D eigenvalue weighted by molar-refractivity contribution is 6.21. The molecule has 11 heteroatoms. The van der Waals surface area contributed by atoms with Crippen molar-refractivity contribution in [2.45, 2.75) is 12.3 Å². The summed E-state index contributed by atoms with van der Waals surface area (Å²) in [6, 6.07) is 7.43. The van der Waals surface area contributed by atoms with Gasteiger partial charge in [-0.25, -0.2) is 9.50 Å². The molecule has 0 aliphatic heterocycles. The van der Waals surface area contributed by atoms with Gasteiger partial charge in [0.05, 0.1) is 4.92 Å². The van der Waals surface area contributed by atoms with E-state index in [0.29, 0.717) is 0 Å². The first kappa shape index (κ1) is 17.7. The third kappa shape index (κ3) is 3.45. The minimum absolute atomic E-state index is 0.0363. The molecule has 0 fully saturated rings. The molecule has 26 heavy (non-hydrogen) atoms. The van der Waals surface area contributed by atoms with Gasteiger partial charge >= 0.3 is 5.38 Å². The van der Waals surface area contributed by atoms with E-state index in [9.17, 15) is 23.7 Å². The number of hydrogen-bond donors (Lipinski definition) is 1. The van der Waals surface area contributed by atoms with Gasteiger partial charge in [0.15, 0.2) is 11.3 Å². The van der Waals surface area contributed by atoms with Crippen LogP contribution in [0.3, 0.4) is 0 Å². The molecule has 3 aromatic rings. The molecule has 2 heterocycles. The minimum atomic E-state index is -3.69. The van der Waals surface area contributed by atoms with Gasteiger partial charge in [0.25, 0.3) is 11.6 Å². The van der Waals surface area contributed by atoms with Gasteiger partial charge in [-0.2, -0.15) is 13.9 Å². The third-order valence-corrected chi connectivity index (χ3v) is 3.61. The maximum Gasteiger partial charge on any atom is 0.364 e. The highest BCUT2D eigenvalue weighted by atomic mass is 35.5. The smallest absolute Gasteiger partial charge is 0.321 e. The summed E-state index contributed by atoms with van der Waals surface area (Å²) in [5, 5.41) is 13.2. The Balaban J connectivity index is 1.92. The highest BCUT2D eigenvalue weighted by Gasteiger charge is 2.32. The Bertz CT molecular complexity index is 1010. The number of amides is 1. The number of alkyl halides is 3. The highest BCUT2D eigenvalue weighted by Crippen LogP contribution is 2.32. The Labute approximate surface area is 149 Å². The lowest BCUT2D eigenvalue weighted by atomic mass is 10.2. The molecule has 0 spiro atoms. The first-order chi connectivity index (χ1) is 12.1. The molecule has 0 atom stereocenters. The number of nitrogens with zero attached hydrogens (tertiary/aromatic N) is 4. The van der Waals surface area contributed by atoms with Gasteiger partial charge in [-0.1, -0.05) is 0 Å². The summed E-state index contributed by atoms with van der Waals surface area (Å²) in [5.41, 5.74) is -0.307. The normalized spacial score (nSPS) is 11.5. The van der Waals surface area contributed by atoms with Crippen LogP contribution in [0.2, 0.25) is 0 Å². The van der Waals surface area contributed by atoms with E-state index in [1.165, 1.54) is 37.3 Å². The number of hydrogen-bond acceptors (Lipinski definition) is 5. The van der Waals surface area contributed by atoms with Crippen molar-refractivity contribution in [3.05, 3.63) is 63.6 Å². The van der Waals surface area contributed by atoms with Crippen LogP contribution in [-0.4, -0.2) is 25.4 Å². The Kier molecular flexibility index (Phi) is 4.28. The zero-order valence-corrected chi connectivity index (χ0v) is 13.9. The van der Waals surface area contributed by atoms with Crippen LogP contribution in [0.5, 0.6) is 0 Å². The number of nitro benzene ring substituents is 1. The van der Waals surface area contributed by atoms with Crippen LogP contribution in [0.15, 0.2) is 36.4 Å². The van der Waals surface area contributed by atoms with Crippen LogP contribution in [0, 0.1) is 17.0 Å². The zero-order valence-electron chi connectivity index (χ0n) is 13.1. The predicted molar refractivity (Wildman–Crippen MR) is 88.5 cm³/mol. The lowest BCUT2D eigenvalue weighted by molar-refractivity contribution is -0.384. The fraction of sp³-hybridized carbons (Fsp3) is 0.133. The predicted octanol–water partition coefficient (Wildman–Crippen LogP) is 3.49. The third-order valence-electron chi connectivity index (χ3n) is 3.41. The number of nitro groups is 1.